The molecule has 0 aliphatic carbocycles. The summed E-state index contributed by atoms with van der Waals surface area (Å²) in [6, 6.07) is 5.02. The highest BCUT2D eigenvalue weighted by atomic mass is 19.1. The fourth-order valence-corrected chi connectivity index (χ4v) is 2.58. The van der Waals surface area contributed by atoms with Gasteiger partial charge in [-0.2, -0.15) is 0 Å². The monoisotopic (exact) mass is 315 g/mol. The zero-order valence-electron chi connectivity index (χ0n) is 13.1. The summed E-state index contributed by atoms with van der Waals surface area (Å²) in [5, 5.41) is 0. The van der Waals surface area contributed by atoms with Crippen molar-refractivity contribution < 1.29 is 13.9 Å². The first-order chi connectivity index (χ1) is 11.0. The number of amides is 1. The molecule has 0 radical (unpaired) electrons. The number of aryl methyl sites for hydroxylation is 1. The third-order valence-corrected chi connectivity index (χ3v) is 3.95. The molecule has 2 heterocycles. The van der Waals surface area contributed by atoms with Crippen LogP contribution in [0.4, 0.5) is 4.39 Å². The number of aromatic nitrogens is 2. The molecule has 1 saturated heterocycles. The first kappa shape index (κ1) is 15.4. The molecule has 3 rings (SSSR count). The van der Waals surface area contributed by atoms with Crippen LogP contribution < -0.4 is 4.74 Å². The maximum atomic E-state index is 13.7. The van der Waals surface area contributed by atoms with Crippen molar-refractivity contribution in [3.8, 4) is 11.8 Å². The summed E-state index contributed by atoms with van der Waals surface area (Å²) in [5.74, 6) is -0.208. The molecule has 1 fully saturated rings. The Hall–Kier alpha value is -2.50. The fourth-order valence-electron chi connectivity index (χ4n) is 2.58. The van der Waals surface area contributed by atoms with E-state index in [0.717, 1.165) is 17.5 Å². The van der Waals surface area contributed by atoms with Crippen LogP contribution in [0.2, 0.25) is 0 Å². The van der Waals surface area contributed by atoms with Gasteiger partial charge < -0.3 is 9.64 Å². The molecule has 1 aromatic heterocycles. The van der Waals surface area contributed by atoms with Crippen LogP contribution in [0.15, 0.2) is 30.6 Å². The van der Waals surface area contributed by atoms with Gasteiger partial charge in [0.1, 0.15) is 0 Å². The van der Waals surface area contributed by atoms with E-state index in [-0.39, 0.29) is 23.7 Å². The molecule has 23 heavy (non-hydrogen) atoms. The van der Waals surface area contributed by atoms with Crippen molar-refractivity contribution in [2.45, 2.75) is 39.3 Å². The van der Waals surface area contributed by atoms with Crippen molar-refractivity contribution in [3.63, 3.8) is 0 Å². The second-order valence-electron chi connectivity index (χ2n) is 5.82. The molecule has 5 nitrogen and oxygen atoms in total. The quantitative estimate of drug-likeness (QED) is 0.869. The average molecular weight is 315 g/mol. The van der Waals surface area contributed by atoms with Gasteiger partial charge in [-0.15, -0.1) is 0 Å². The zero-order valence-corrected chi connectivity index (χ0v) is 13.1. The lowest BCUT2D eigenvalue weighted by Gasteiger charge is -2.21. The highest BCUT2D eigenvalue weighted by Crippen LogP contribution is 2.23. The van der Waals surface area contributed by atoms with Crippen LogP contribution in [0.5, 0.6) is 11.8 Å². The van der Waals surface area contributed by atoms with Crippen LogP contribution in [0.3, 0.4) is 0 Å². The van der Waals surface area contributed by atoms with Gasteiger partial charge in [-0.3, -0.25) is 4.79 Å². The first-order valence-corrected chi connectivity index (χ1v) is 7.57. The lowest BCUT2D eigenvalue weighted by Crippen LogP contribution is -2.30. The maximum absolute atomic E-state index is 13.7. The van der Waals surface area contributed by atoms with Crippen molar-refractivity contribution in [2.24, 2.45) is 0 Å². The van der Waals surface area contributed by atoms with Gasteiger partial charge >= 0.3 is 6.01 Å². The van der Waals surface area contributed by atoms with E-state index in [0.29, 0.717) is 13.0 Å². The number of carbonyl (C=O) groups is 1. The van der Waals surface area contributed by atoms with Gasteiger partial charge in [0, 0.05) is 37.0 Å². The number of halogens is 1. The standard InChI is InChI=1S/C17H18FN3O2/c1-11-3-5-15(14(18)7-11)23-17-19-8-13(9-20-17)10-21-12(2)4-6-16(21)22/h3,5,7-9,12H,4,6,10H2,1-2H3/t12-/m0/s1. The highest BCUT2D eigenvalue weighted by molar-refractivity contribution is 5.78. The van der Waals surface area contributed by atoms with Crippen LogP contribution >= 0.6 is 0 Å². The van der Waals surface area contributed by atoms with E-state index in [1.807, 2.05) is 11.8 Å². The predicted molar refractivity (Wildman–Crippen MR) is 82.5 cm³/mol. The molecular formula is C17H18FN3O2. The molecule has 1 aromatic carbocycles. The molecule has 120 valence electrons. The molecule has 0 N–H and O–H groups in total. The number of ether oxygens (including phenoxy) is 1. The molecule has 2 aromatic rings. The van der Waals surface area contributed by atoms with E-state index in [1.54, 1.807) is 31.5 Å². The molecule has 1 aliphatic rings. The Morgan fingerprint density at radius 2 is 2.09 bits per heavy atom. The van der Waals surface area contributed by atoms with E-state index in [4.69, 9.17) is 4.74 Å². The van der Waals surface area contributed by atoms with Gasteiger partial charge in [0.05, 0.1) is 0 Å². The van der Waals surface area contributed by atoms with E-state index < -0.39 is 5.82 Å². The van der Waals surface area contributed by atoms with Crippen LogP contribution in [0, 0.1) is 12.7 Å². The fraction of sp³-hybridized carbons (Fsp3) is 0.353. The molecule has 6 heteroatoms. The molecule has 0 unspecified atom stereocenters. The minimum atomic E-state index is -0.450. The van der Waals surface area contributed by atoms with E-state index in [9.17, 15) is 9.18 Å². The SMILES string of the molecule is Cc1ccc(Oc2ncc(CN3C(=O)CC[C@@H]3C)cn2)c(F)c1. The van der Waals surface area contributed by atoms with Crippen molar-refractivity contribution >= 4 is 5.91 Å². The molecule has 0 spiro atoms. The number of benzene rings is 1. The highest BCUT2D eigenvalue weighted by Gasteiger charge is 2.27. The van der Waals surface area contributed by atoms with Gasteiger partial charge in [-0.05, 0) is 38.0 Å². The van der Waals surface area contributed by atoms with Gasteiger partial charge in [0.2, 0.25) is 5.91 Å². The zero-order chi connectivity index (χ0) is 16.4. The van der Waals surface area contributed by atoms with Gasteiger partial charge in [-0.25, -0.2) is 14.4 Å². The van der Waals surface area contributed by atoms with Crippen molar-refractivity contribution in [1.82, 2.24) is 14.9 Å². The van der Waals surface area contributed by atoms with E-state index in [1.165, 1.54) is 6.07 Å². The van der Waals surface area contributed by atoms with Gasteiger partial charge in [0.15, 0.2) is 11.6 Å². The first-order valence-electron chi connectivity index (χ1n) is 7.57. The minimum Gasteiger partial charge on any atom is -0.421 e. The van der Waals surface area contributed by atoms with Crippen molar-refractivity contribution in [2.75, 3.05) is 0 Å². The summed E-state index contributed by atoms with van der Waals surface area (Å²) in [6.45, 7) is 4.32. The van der Waals surface area contributed by atoms with Crippen LogP contribution in [0.25, 0.3) is 0 Å². The molecule has 1 amide bonds. The summed E-state index contributed by atoms with van der Waals surface area (Å²) in [4.78, 5) is 21.8. The van der Waals surface area contributed by atoms with Crippen LogP contribution in [0.1, 0.15) is 30.9 Å². The smallest absolute Gasteiger partial charge is 0.321 e. The maximum Gasteiger partial charge on any atom is 0.321 e. The van der Waals surface area contributed by atoms with Gasteiger partial charge in [-0.1, -0.05) is 6.07 Å². The van der Waals surface area contributed by atoms with E-state index in [2.05, 4.69) is 9.97 Å². The summed E-state index contributed by atoms with van der Waals surface area (Å²) >= 11 is 0. The third kappa shape index (κ3) is 3.47. The number of likely N-dealkylation sites (tertiary alicyclic amines) is 1. The van der Waals surface area contributed by atoms with Gasteiger partial charge in [0.25, 0.3) is 0 Å². The normalized spacial score (nSPS) is 17.6. The largest absolute Gasteiger partial charge is 0.421 e. The van der Waals surface area contributed by atoms with Crippen LogP contribution in [-0.4, -0.2) is 26.8 Å². The lowest BCUT2D eigenvalue weighted by molar-refractivity contribution is -0.129. The summed E-state index contributed by atoms with van der Waals surface area (Å²) in [5.41, 5.74) is 1.64. The molecule has 1 aliphatic heterocycles. The number of hydrogen-bond acceptors (Lipinski definition) is 4. The topological polar surface area (TPSA) is 55.3 Å². The Labute approximate surface area is 134 Å². The van der Waals surface area contributed by atoms with E-state index >= 15 is 0 Å². The average Bonchev–Trinajstić information content (AvgIpc) is 2.84. The van der Waals surface area contributed by atoms with Crippen molar-refractivity contribution in [3.05, 3.63) is 47.5 Å². The predicted octanol–water partition coefficient (Wildman–Crippen LogP) is 3.23. The Morgan fingerprint density at radius 1 is 1.35 bits per heavy atom. The Morgan fingerprint density at radius 3 is 2.70 bits per heavy atom. The third-order valence-electron chi connectivity index (χ3n) is 3.95. The summed E-state index contributed by atoms with van der Waals surface area (Å²) < 4.78 is 19.1. The Balaban J connectivity index is 1.68. The number of nitrogens with zero attached hydrogens (tertiary/aromatic N) is 3. The van der Waals surface area contributed by atoms with Crippen molar-refractivity contribution in [1.29, 1.82) is 0 Å². The molecule has 0 bridgehead atoms. The molecule has 0 saturated carbocycles. The number of hydrogen-bond donors (Lipinski definition) is 0. The molecule has 1 atom stereocenters. The Kier molecular flexibility index (Phi) is 4.23. The number of rotatable bonds is 4. The molecular weight excluding hydrogens is 297 g/mol. The summed E-state index contributed by atoms with van der Waals surface area (Å²) in [6.07, 6.45) is 4.68. The lowest BCUT2D eigenvalue weighted by atomic mass is 10.2. The second kappa shape index (κ2) is 6.32. The van der Waals surface area contributed by atoms with Crippen LogP contribution in [-0.2, 0) is 11.3 Å². The second-order valence-corrected chi connectivity index (χ2v) is 5.82. The minimum absolute atomic E-state index is 0.0808. The number of carbonyl (C=O) groups excluding carboxylic acids is 1. The Bertz CT molecular complexity index is 718. The summed E-state index contributed by atoms with van der Waals surface area (Å²) in [7, 11) is 0.